The molecule has 0 saturated heterocycles. The van der Waals surface area contributed by atoms with Crippen molar-refractivity contribution in [2.24, 2.45) is 11.1 Å². The number of carbonyl (C=O) groups excluding carboxylic acids is 1. The second kappa shape index (κ2) is 7.70. The maximum Gasteiger partial charge on any atom is 0.365 e. The van der Waals surface area contributed by atoms with Crippen LogP contribution < -0.4 is 0 Å². The van der Waals surface area contributed by atoms with Gasteiger partial charge >= 0.3 is 5.97 Å². The fourth-order valence-corrected chi connectivity index (χ4v) is 3.11. The molecule has 0 radical (unpaired) electrons. The Morgan fingerprint density at radius 1 is 1.15 bits per heavy atom. The van der Waals surface area contributed by atoms with Crippen molar-refractivity contribution in [3.63, 3.8) is 0 Å². The largest absolute Gasteiger partial charge is 0.365 e. The van der Waals surface area contributed by atoms with Gasteiger partial charge in [-0.15, -0.1) is 0 Å². The van der Waals surface area contributed by atoms with Crippen LogP contribution in [0.2, 0.25) is 0 Å². The Bertz CT molecular complexity index is 870. The molecule has 0 unspecified atom stereocenters. The first-order chi connectivity index (χ1) is 12.9. The smallest absolute Gasteiger partial charge is 0.313 e. The SMILES string of the molecule is C/C(=N/OC(=O)c1ccc([N+](=O)[O-])cc1)[C@@H]1C[C@H]1c1ccc(C(C)C)cc1. The van der Waals surface area contributed by atoms with Gasteiger partial charge in [0, 0.05) is 18.1 Å². The molecule has 1 aliphatic carbocycles. The third-order valence-electron chi connectivity index (χ3n) is 4.94. The van der Waals surface area contributed by atoms with Crippen molar-refractivity contribution in [1.82, 2.24) is 0 Å². The number of non-ortho nitro benzene ring substituents is 1. The van der Waals surface area contributed by atoms with Crippen LogP contribution >= 0.6 is 0 Å². The van der Waals surface area contributed by atoms with Gasteiger partial charge in [0.2, 0.25) is 0 Å². The summed E-state index contributed by atoms with van der Waals surface area (Å²) in [5, 5.41) is 14.6. The summed E-state index contributed by atoms with van der Waals surface area (Å²) in [4.78, 5) is 27.2. The summed E-state index contributed by atoms with van der Waals surface area (Å²) < 4.78 is 0. The van der Waals surface area contributed by atoms with Crippen LogP contribution in [0.15, 0.2) is 53.7 Å². The highest BCUT2D eigenvalue weighted by Crippen LogP contribution is 2.48. The van der Waals surface area contributed by atoms with E-state index < -0.39 is 10.9 Å². The minimum atomic E-state index is -0.622. The fraction of sp³-hybridized carbons (Fsp3) is 0.333. The Balaban J connectivity index is 1.58. The molecule has 1 saturated carbocycles. The van der Waals surface area contributed by atoms with Crippen molar-refractivity contribution in [3.8, 4) is 0 Å². The lowest BCUT2D eigenvalue weighted by molar-refractivity contribution is -0.384. The van der Waals surface area contributed by atoms with Gasteiger partial charge in [-0.3, -0.25) is 10.1 Å². The third-order valence-corrected chi connectivity index (χ3v) is 4.94. The van der Waals surface area contributed by atoms with Crippen LogP contribution in [0.4, 0.5) is 5.69 Å². The van der Waals surface area contributed by atoms with Crippen LogP contribution in [0.1, 0.15) is 60.5 Å². The van der Waals surface area contributed by atoms with E-state index in [1.807, 2.05) is 6.92 Å². The lowest BCUT2D eigenvalue weighted by Gasteiger charge is -2.06. The quantitative estimate of drug-likeness (QED) is 0.310. The zero-order valence-electron chi connectivity index (χ0n) is 15.6. The molecule has 1 aliphatic rings. The molecule has 0 amide bonds. The summed E-state index contributed by atoms with van der Waals surface area (Å²) in [6, 6.07) is 13.9. The van der Waals surface area contributed by atoms with E-state index in [2.05, 4.69) is 43.3 Å². The minimum Gasteiger partial charge on any atom is -0.313 e. The Morgan fingerprint density at radius 2 is 1.78 bits per heavy atom. The van der Waals surface area contributed by atoms with Crippen molar-refractivity contribution in [2.45, 2.75) is 39.0 Å². The van der Waals surface area contributed by atoms with Gasteiger partial charge in [-0.1, -0.05) is 43.3 Å². The van der Waals surface area contributed by atoms with Gasteiger partial charge in [0.1, 0.15) is 0 Å². The Hall–Kier alpha value is -3.02. The van der Waals surface area contributed by atoms with Gasteiger partial charge in [-0.05, 0) is 48.4 Å². The topological polar surface area (TPSA) is 81.8 Å². The van der Waals surface area contributed by atoms with Crippen molar-refractivity contribution >= 4 is 17.4 Å². The number of carbonyl (C=O) groups is 1. The van der Waals surface area contributed by atoms with Crippen LogP contribution in [0, 0.1) is 16.0 Å². The summed E-state index contributed by atoms with van der Waals surface area (Å²) in [6.07, 6.45) is 0.992. The zero-order valence-corrected chi connectivity index (χ0v) is 15.6. The van der Waals surface area contributed by atoms with E-state index in [4.69, 9.17) is 4.84 Å². The summed E-state index contributed by atoms with van der Waals surface area (Å²) in [5.74, 6) is 0.575. The van der Waals surface area contributed by atoms with Gasteiger partial charge in [0.05, 0.1) is 16.2 Å². The molecule has 3 rings (SSSR count). The maximum atomic E-state index is 12.0. The van der Waals surface area contributed by atoms with Gasteiger partial charge in [-0.25, -0.2) is 4.79 Å². The molecule has 0 N–H and O–H groups in total. The molecule has 0 aliphatic heterocycles. The predicted molar refractivity (Wildman–Crippen MR) is 103 cm³/mol. The Kier molecular flexibility index (Phi) is 5.35. The molecular formula is C21H22N2O4. The molecule has 0 spiro atoms. The van der Waals surface area contributed by atoms with Gasteiger partial charge in [0.15, 0.2) is 0 Å². The molecule has 0 bridgehead atoms. The van der Waals surface area contributed by atoms with E-state index in [1.54, 1.807) is 0 Å². The molecule has 0 aromatic heterocycles. The van der Waals surface area contributed by atoms with E-state index in [9.17, 15) is 14.9 Å². The number of hydrogen-bond acceptors (Lipinski definition) is 5. The van der Waals surface area contributed by atoms with Crippen LogP contribution in [0.3, 0.4) is 0 Å². The standard InChI is InChI=1S/C21H22N2O4/c1-13(2)15-4-6-16(7-5-15)20-12-19(20)14(3)22-27-21(24)17-8-10-18(11-9-17)23(25)26/h4-11,13,19-20H,12H2,1-3H3/b22-14-/t19-,20-/m0/s1. The first-order valence-electron chi connectivity index (χ1n) is 8.97. The lowest BCUT2D eigenvalue weighted by atomic mass is 9.99. The highest BCUT2D eigenvalue weighted by molar-refractivity contribution is 5.92. The number of nitro benzene ring substituents is 1. The monoisotopic (exact) mass is 366 g/mol. The molecule has 0 heterocycles. The molecule has 6 heteroatoms. The normalized spacial score (nSPS) is 19.0. The summed E-state index contributed by atoms with van der Waals surface area (Å²) in [5.41, 5.74) is 3.53. The highest BCUT2D eigenvalue weighted by atomic mass is 16.7. The van der Waals surface area contributed by atoms with Crippen molar-refractivity contribution in [1.29, 1.82) is 0 Å². The number of hydrogen-bond donors (Lipinski definition) is 0. The van der Waals surface area contributed by atoms with Crippen LogP contribution in [-0.2, 0) is 4.84 Å². The molecule has 2 aromatic carbocycles. The second-order valence-electron chi connectivity index (χ2n) is 7.19. The van der Waals surface area contributed by atoms with Crippen LogP contribution in [0.25, 0.3) is 0 Å². The van der Waals surface area contributed by atoms with Gasteiger partial charge in [-0.2, -0.15) is 0 Å². The fourth-order valence-electron chi connectivity index (χ4n) is 3.11. The number of nitro groups is 1. The summed E-state index contributed by atoms with van der Waals surface area (Å²) >= 11 is 0. The molecule has 140 valence electrons. The predicted octanol–water partition coefficient (Wildman–Crippen LogP) is 5.05. The Labute approximate surface area is 158 Å². The van der Waals surface area contributed by atoms with Crippen LogP contribution in [-0.4, -0.2) is 16.6 Å². The highest BCUT2D eigenvalue weighted by Gasteiger charge is 2.40. The number of benzene rings is 2. The first-order valence-corrected chi connectivity index (χ1v) is 8.97. The Morgan fingerprint density at radius 3 is 2.33 bits per heavy atom. The van der Waals surface area contributed by atoms with Crippen molar-refractivity contribution in [2.75, 3.05) is 0 Å². The summed E-state index contributed by atoms with van der Waals surface area (Å²) in [6.45, 7) is 6.20. The lowest BCUT2D eigenvalue weighted by Crippen LogP contribution is -2.05. The minimum absolute atomic E-state index is 0.0736. The third kappa shape index (κ3) is 4.39. The first kappa shape index (κ1) is 18.8. The average Bonchev–Trinajstić information content (AvgIpc) is 3.47. The van der Waals surface area contributed by atoms with Gasteiger partial charge < -0.3 is 4.84 Å². The number of nitrogens with zero attached hydrogens (tertiary/aromatic N) is 2. The molecule has 2 atom stereocenters. The molecule has 6 nitrogen and oxygen atoms in total. The maximum absolute atomic E-state index is 12.0. The second-order valence-corrected chi connectivity index (χ2v) is 7.19. The van der Waals surface area contributed by atoms with E-state index in [-0.39, 0.29) is 17.2 Å². The van der Waals surface area contributed by atoms with E-state index in [0.717, 1.165) is 12.1 Å². The summed E-state index contributed by atoms with van der Waals surface area (Å²) in [7, 11) is 0. The van der Waals surface area contributed by atoms with Crippen molar-refractivity contribution in [3.05, 3.63) is 75.3 Å². The molecule has 2 aromatic rings. The molecule has 1 fully saturated rings. The van der Waals surface area contributed by atoms with Crippen molar-refractivity contribution < 1.29 is 14.6 Å². The zero-order chi connectivity index (χ0) is 19.6. The van der Waals surface area contributed by atoms with E-state index >= 15 is 0 Å². The number of oxime groups is 1. The van der Waals surface area contributed by atoms with Crippen LogP contribution in [0.5, 0.6) is 0 Å². The molecular weight excluding hydrogens is 344 g/mol. The van der Waals surface area contributed by atoms with Gasteiger partial charge in [0.25, 0.3) is 5.69 Å². The number of rotatable bonds is 6. The molecule has 27 heavy (non-hydrogen) atoms. The van der Waals surface area contributed by atoms with E-state index in [1.165, 1.54) is 35.4 Å². The van der Waals surface area contributed by atoms with E-state index in [0.29, 0.717) is 11.8 Å². The average molecular weight is 366 g/mol.